The van der Waals surface area contributed by atoms with Crippen LogP contribution < -0.4 is 0 Å². The Bertz CT molecular complexity index is 420. The smallest absolute Gasteiger partial charge is 0.125 e. The molecule has 2 aromatic heterocycles. The molecule has 0 radical (unpaired) electrons. The first-order valence-electron chi connectivity index (χ1n) is 4.12. The number of nitrogens with zero attached hydrogens (tertiary/aromatic N) is 2. The first kappa shape index (κ1) is 8.38. The van der Waals surface area contributed by atoms with Crippen molar-refractivity contribution >= 4 is 11.3 Å². The molecule has 0 aliphatic rings. The Morgan fingerprint density at radius 1 is 1.15 bits per heavy atom. The molecule has 2 aromatic rings. The van der Waals surface area contributed by atoms with E-state index in [4.69, 9.17) is 0 Å². The predicted octanol–water partition coefficient (Wildman–Crippen LogP) is 2.82. The second-order valence-corrected chi connectivity index (χ2v) is 4.19. The highest BCUT2D eigenvalue weighted by atomic mass is 32.1. The molecule has 0 bridgehead atoms. The number of hydrogen-bond donors (Lipinski definition) is 0. The summed E-state index contributed by atoms with van der Waals surface area (Å²) in [6, 6.07) is 6.15. The summed E-state index contributed by atoms with van der Waals surface area (Å²) in [6.07, 6.45) is 1.80. The van der Waals surface area contributed by atoms with Gasteiger partial charge in [-0.25, -0.2) is 9.97 Å². The summed E-state index contributed by atoms with van der Waals surface area (Å²) in [5, 5.41) is 0. The van der Waals surface area contributed by atoms with Gasteiger partial charge in [0.2, 0.25) is 0 Å². The van der Waals surface area contributed by atoms with Gasteiger partial charge in [0.15, 0.2) is 0 Å². The van der Waals surface area contributed by atoms with Gasteiger partial charge in [-0.3, -0.25) is 0 Å². The van der Waals surface area contributed by atoms with Crippen LogP contribution in [0.3, 0.4) is 0 Å². The Balaban J connectivity index is 2.46. The van der Waals surface area contributed by atoms with E-state index in [1.54, 1.807) is 17.5 Å². The number of rotatable bonds is 1. The first-order chi connectivity index (χ1) is 6.25. The molecule has 2 nitrogen and oxygen atoms in total. The van der Waals surface area contributed by atoms with Crippen LogP contribution in [0.15, 0.2) is 24.4 Å². The SMILES string of the molecule is Cc1nccc(-c2ccc(C)s2)n1. The second-order valence-electron chi connectivity index (χ2n) is 2.90. The zero-order chi connectivity index (χ0) is 9.26. The zero-order valence-corrected chi connectivity index (χ0v) is 8.43. The topological polar surface area (TPSA) is 25.8 Å². The van der Waals surface area contributed by atoms with E-state index in [2.05, 4.69) is 29.0 Å². The minimum Gasteiger partial charge on any atom is -0.242 e. The van der Waals surface area contributed by atoms with Crippen molar-refractivity contribution in [3.63, 3.8) is 0 Å². The maximum Gasteiger partial charge on any atom is 0.125 e. The molecule has 0 unspecified atom stereocenters. The highest BCUT2D eigenvalue weighted by Gasteiger charge is 2.01. The van der Waals surface area contributed by atoms with Crippen LogP contribution in [0.2, 0.25) is 0 Å². The summed E-state index contributed by atoms with van der Waals surface area (Å²) in [6.45, 7) is 4.01. The van der Waals surface area contributed by atoms with Crippen LogP contribution in [0.5, 0.6) is 0 Å². The summed E-state index contributed by atoms with van der Waals surface area (Å²) in [4.78, 5) is 10.9. The quantitative estimate of drug-likeness (QED) is 0.691. The van der Waals surface area contributed by atoms with Crippen LogP contribution in [0.25, 0.3) is 10.6 Å². The largest absolute Gasteiger partial charge is 0.242 e. The second kappa shape index (κ2) is 3.26. The molecule has 0 aliphatic heterocycles. The lowest BCUT2D eigenvalue weighted by atomic mass is 10.3. The minimum absolute atomic E-state index is 0.823. The van der Waals surface area contributed by atoms with Gasteiger partial charge in [0.25, 0.3) is 0 Å². The van der Waals surface area contributed by atoms with Crippen molar-refractivity contribution in [1.82, 2.24) is 9.97 Å². The summed E-state index contributed by atoms with van der Waals surface area (Å²) in [5.41, 5.74) is 1.02. The molecule has 0 spiro atoms. The third-order valence-electron chi connectivity index (χ3n) is 1.77. The Morgan fingerprint density at radius 2 is 2.00 bits per heavy atom. The van der Waals surface area contributed by atoms with Gasteiger partial charge in [-0.2, -0.15) is 0 Å². The van der Waals surface area contributed by atoms with Gasteiger partial charge in [-0.05, 0) is 32.0 Å². The van der Waals surface area contributed by atoms with E-state index >= 15 is 0 Å². The van der Waals surface area contributed by atoms with E-state index in [9.17, 15) is 0 Å². The molecule has 3 heteroatoms. The zero-order valence-electron chi connectivity index (χ0n) is 7.61. The fourth-order valence-corrected chi connectivity index (χ4v) is 2.00. The van der Waals surface area contributed by atoms with Crippen LogP contribution in [-0.2, 0) is 0 Å². The highest BCUT2D eigenvalue weighted by molar-refractivity contribution is 7.15. The molecule has 0 aliphatic carbocycles. The summed E-state index contributed by atoms with van der Waals surface area (Å²) in [7, 11) is 0. The van der Waals surface area contributed by atoms with E-state index in [1.165, 1.54) is 9.75 Å². The third-order valence-corrected chi connectivity index (χ3v) is 2.79. The molecule has 0 atom stereocenters. The lowest BCUT2D eigenvalue weighted by Crippen LogP contribution is -1.87. The van der Waals surface area contributed by atoms with Crippen LogP contribution in [-0.4, -0.2) is 9.97 Å². The fraction of sp³-hybridized carbons (Fsp3) is 0.200. The number of thiophene rings is 1. The van der Waals surface area contributed by atoms with Crippen LogP contribution in [0, 0.1) is 13.8 Å². The summed E-state index contributed by atoms with van der Waals surface area (Å²) >= 11 is 1.76. The fourth-order valence-electron chi connectivity index (χ4n) is 1.17. The molecule has 0 amide bonds. The lowest BCUT2D eigenvalue weighted by molar-refractivity contribution is 1.06. The van der Waals surface area contributed by atoms with Gasteiger partial charge < -0.3 is 0 Å². The monoisotopic (exact) mass is 190 g/mol. The molecular formula is C10H10N2S. The normalized spacial score (nSPS) is 10.3. The molecular weight excluding hydrogens is 180 g/mol. The van der Waals surface area contributed by atoms with Crippen LogP contribution >= 0.6 is 11.3 Å². The Hall–Kier alpha value is -1.22. The van der Waals surface area contributed by atoms with Crippen molar-refractivity contribution in [2.75, 3.05) is 0 Å². The van der Waals surface area contributed by atoms with Gasteiger partial charge in [0.05, 0.1) is 10.6 Å². The molecule has 0 N–H and O–H groups in total. The van der Waals surface area contributed by atoms with Gasteiger partial charge >= 0.3 is 0 Å². The van der Waals surface area contributed by atoms with Crippen molar-refractivity contribution in [3.05, 3.63) is 35.1 Å². The maximum absolute atomic E-state index is 4.36. The lowest BCUT2D eigenvalue weighted by Gasteiger charge is -1.96. The van der Waals surface area contributed by atoms with E-state index in [1.807, 2.05) is 13.0 Å². The average Bonchev–Trinajstić information content (AvgIpc) is 2.52. The molecule has 0 saturated carbocycles. The Labute approximate surface area is 81.3 Å². The standard InChI is InChI=1S/C10H10N2S/c1-7-3-4-10(13-7)9-5-6-11-8(2)12-9/h3-6H,1-2H3. The third kappa shape index (κ3) is 1.75. The van der Waals surface area contributed by atoms with Crippen molar-refractivity contribution in [2.24, 2.45) is 0 Å². The Kier molecular flexibility index (Phi) is 2.10. The molecule has 2 heterocycles. The number of aromatic nitrogens is 2. The van der Waals surface area contributed by atoms with Gasteiger partial charge in [-0.1, -0.05) is 0 Å². The molecule has 0 saturated heterocycles. The average molecular weight is 190 g/mol. The molecule has 2 rings (SSSR count). The first-order valence-corrected chi connectivity index (χ1v) is 4.94. The maximum atomic E-state index is 4.36. The molecule has 66 valence electrons. The van der Waals surface area contributed by atoms with E-state index < -0.39 is 0 Å². The van der Waals surface area contributed by atoms with E-state index in [0.717, 1.165) is 11.5 Å². The summed E-state index contributed by atoms with van der Waals surface area (Å²) in [5.74, 6) is 0.823. The van der Waals surface area contributed by atoms with Crippen molar-refractivity contribution in [3.8, 4) is 10.6 Å². The minimum atomic E-state index is 0.823. The van der Waals surface area contributed by atoms with Crippen molar-refractivity contribution in [1.29, 1.82) is 0 Å². The number of aryl methyl sites for hydroxylation is 2. The van der Waals surface area contributed by atoms with Gasteiger partial charge in [0, 0.05) is 11.1 Å². The highest BCUT2D eigenvalue weighted by Crippen LogP contribution is 2.25. The summed E-state index contributed by atoms with van der Waals surface area (Å²) < 4.78 is 0. The van der Waals surface area contributed by atoms with E-state index in [0.29, 0.717) is 0 Å². The van der Waals surface area contributed by atoms with Gasteiger partial charge in [-0.15, -0.1) is 11.3 Å². The van der Waals surface area contributed by atoms with Gasteiger partial charge in [0.1, 0.15) is 5.82 Å². The molecule has 0 fully saturated rings. The predicted molar refractivity (Wildman–Crippen MR) is 54.8 cm³/mol. The van der Waals surface area contributed by atoms with Crippen LogP contribution in [0.4, 0.5) is 0 Å². The van der Waals surface area contributed by atoms with Crippen LogP contribution in [0.1, 0.15) is 10.7 Å². The van der Waals surface area contributed by atoms with Crippen molar-refractivity contribution < 1.29 is 0 Å². The number of hydrogen-bond acceptors (Lipinski definition) is 3. The van der Waals surface area contributed by atoms with E-state index in [-0.39, 0.29) is 0 Å². The molecule has 0 aromatic carbocycles. The Morgan fingerprint density at radius 3 is 2.62 bits per heavy atom. The van der Waals surface area contributed by atoms with Crippen molar-refractivity contribution in [2.45, 2.75) is 13.8 Å². The molecule has 13 heavy (non-hydrogen) atoms.